The van der Waals surface area contributed by atoms with Crippen molar-refractivity contribution in [2.24, 2.45) is 5.92 Å². The molecule has 2 rings (SSSR count). The number of aromatic amines is 1. The van der Waals surface area contributed by atoms with Crippen LogP contribution in [0.2, 0.25) is 0 Å². The van der Waals surface area contributed by atoms with E-state index in [2.05, 4.69) is 50.3 Å². The number of nitriles is 1. The molecule has 1 unspecified atom stereocenters. The van der Waals surface area contributed by atoms with Crippen LogP contribution >= 0.6 is 0 Å². The number of rotatable bonds is 7. The van der Waals surface area contributed by atoms with Crippen molar-refractivity contribution in [1.82, 2.24) is 20.2 Å². The van der Waals surface area contributed by atoms with Crippen LogP contribution in [0.1, 0.15) is 27.2 Å². The molecule has 0 aliphatic rings. The maximum Gasteiger partial charge on any atom is 0.226 e. The molecule has 0 aliphatic heterocycles. The Hall–Kier alpha value is -2.36. The lowest BCUT2D eigenvalue weighted by Crippen LogP contribution is -2.29. The highest BCUT2D eigenvalue weighted by molar-refractivity contribution is 5.87. The number of anilines is 2. The Kier molecular flexibility index (Phi) is 4.93. The smallest absolute Gasteiger partial charge is 0.226 e. The average Bonchev–Trinajstić information content (AvgIpc) is 2.97. The maximum atomic E-state index is 9.03. The summed E-state index contributed by atoms with van der Waals surface area (Å²) in [5.74, 6) is 1.34. The third-order valence-corrected chi connectivity index (χ3v) is 3.22. The summed E-state index contributed by atoms with van der Waals surface area (Å²) < 4.78 is 0. The number of aromatic nitrogens is 4. The van der Waals surface area contributed by atoms with E-state index in [4.69, 9.17) is 5.26 Å². The van der Waals surface area contributed by atoms with Gasteiger partial charge in [0.2, 0.25) is 5.95 Å². The second kappa shape index (κ2) is 6.88. The second-order valence-electron chi connectivity index (χ2n) is 5.00. The first kappa shape index (κ1) is 15.0. The predicted molar refractivity (Wildman–Crippen MR) is 83.1 cm³/mol. The van der Waals surface area contributed by atoms with Crippen LogP contribution in [-0.2, 0) is 0 Å². The van der Waals surface area contributed by atoms with Gasteiger partial charge in [-0.2, -0.15) is 20.3 Å². The molecule has 0 radical (unpaired) electrons. The largest absolute Gasteiger partial charge is 0.355 e. The Bertz CT molecular complexity index is 628. The fraction of sp³-hybridized carbons (Fsp3) is 0.571. The molecule has 0 saturated carbocycles. The molecule has 2 heterocycles. The molecule has 2 aromatic rings. The van der Waals surface area contributed by atoms with Crippen molar-refractivity contribution in [3.05, 3.63) is 6.20 Å². The molecule has 0 aliphatic carbocycles. The normalized spacial score (nSPS) is 12.1. The molecule has 2 aromatic heterocycles. The van der Waals surface area contributed by atoms with Crippen molar-refractivity contribution in [3.8, 4) is 6.07 Å². The van der Waals surface area contributed by atoms with Crippen LogP contribution in [0.4, 0.5) is 11.8 Å². The molecule has 0 fully saturated rings. The minimum absolute atomic E-state index is 0.0612. The zero-order valence-electron chi connectivity index (χ0n) is 12.7. The highest BCUT2D eigenvalue weighted by Crippen LogP contribution is 2.24. The monoisotopic (exact) mass is 287 g/mol. The predicted octanol–water partition coefficient (Wildman–Crippen LogP) is 2.16. The summed E-state index contributed by atoms with van der Waals surface area (Å²) in [7, 11) is 0. The summed E-state index contributed by atoms with van der Waals surface area (Å²) in [5, 5.41) is 20.1. The van der Waals surface area contributed by atoms with Gasteiger partial charge in [0.05, 0.1) is 23.6 Å². The zero-order chi connectivity index (χ0) is 15.2. The van der Waals surface area contributed by atoms with Crippen molar-refractivity contribution in [3.63, 3.8) is 0 Å². The first-order valence-electron chi connectivity index (χ1n) is 7.29. The standard InChI is InChI=1S/C14H21N7/c1-4-6-16-14-18-12-11(8-17-20-12)13(19-14)21(5-2)9-10(3)7-15/h8,10H,4-6,9H2,1-3H3,(H2,16,17,18,19,20). The van der Waals surface area contributed by atoms with Crippen molar-refractivity contribution in [2.45, 2.75) is 27.2 Å². The van der Waals surface area contributed by atoms with E-state index in [9.17, 15) is 0 Å². The number of H-pyrrole nitrogens is 1. The van der Waals surface area contributed by atoms with Crippen molar-refractivity contribution in [1.29, 1.82) is 5.26 Å². The number of hydrogen-bond acceptors (Lipinski definition) is 6. The van der Waals surface area contributed by atoms with Gasteiger partial charge in [-0.05, 0) is 20.3 Å². The van der Waals surface area contributed by atoms with Crippen molar-refractivity contribution < 1.29 is 0 Å². The van der Waals surface area contributed by atoms with Gasteiger partial charge in [-0.15, -0.1) is 0 Å². The van der Waals surface area contributed by atoms with Gasteiger partial charge in [0.1, 0.15) is 5.82 Å². The quantitative estimate of drug-likeness (QED) is 0.810. The highest BCUT2D eigenvalue weighted by Gasteiger charge is 2.16. The van der Waals surface area contributed by atoms with Crippen LogP contribution in [0.5, 0.6) is 0 Å². The lowest BCUT2D eigenvalue weighted by Gasteiger charge is -2.24. The molecular weight excluding hydrogens is 266 g/mol. The van der Waals surface area contributed by atoms with E-state index < -0.39 is 0 Å². The minimum atomic E-state index is -0.0612. The van der Waals surface area contributed by atoms with Gasteiger partial charge in [0, 0.05) is 19.6 Å². The minimum Gasteiger partial charge on any atom is -0.355 e. The summed E-state index contributed by atoms with van der Waals surface area (Å²) in [6.07, 6.45) is 2.73. The molecule has 112 valence electrons. The van der Waals surface area contributed by atoms with E-state index in [1.807, 2.05) is 6.92 Å². The fourth-order valence-corrected chi connectivity index (χ4v) is 2.11. The van der Waals surface area contributed by atoms with E-state index in [1.54, 1.807) is 6.20 Å². The van der Waals surface area contributed by atoms with Crippen molar-refractivity contribution in [2.75, 3.05) is 29.9 Å². The van der Waals surface area contributed by atoms with Gasteiger partial charge in [-0.3, -0.25) is 5.10 Å². The Morgan fingerprint density at radius 1 is 1.43 bits per heavy atom. The molecule has 1 atom stereocenters. The summed E-state index contributed by atoms with van der Waals surface area (Å²) in [5.41, 5.74) is 0.710. The van der Waals surface area contributed by atoms with Crippen molar-refractivity contribution >= 4 is 22.8 Å². The van der Waals surface area contributed by atoms with E-state index in [1.165, 1.54) is 0 Å². The van der Waals surface area contributed by atoms with Gasteiger partial charge < -0.3 is 10.2 Å². The molecule has 2 N–H and O–H groups in total. The molecule has 21 heavy (non-hydrogen) atoms. The van der Waals surface area contributed by atoms with Crippen LogP contribution in [0, 0.1) is 17.2 Å². The van der Waals surface area contributed by atoms with E-state index >= 15 is 0 Å². The summed E-state index contributed by atoms with van der Waals surface area (Å²) in [6, 6.07) is 2.27. The number of hydrogen-bond donors (Lipinski definition) is 2. The first-order chi connectivity index (χ1) is 10.2. The molecule has 7 heteroatoms. The number of nitrogens with one attached hydrogen (secondary N) is 2. The second-order valence-corrected chi connectivity index (χ2v) is 5.00. The van der Waals surface area contributed by atoms with E-state index in [-0.39, 0.29) is 5.92 Å². The Balaban J connectivity index is 2.39. The molecule has 0 bridgehead atoms. The van der Waals surface area contributed by atoms with Crippen LogP contribution in [0.3, 0.4) is 0 Å². The summed E-state index contributed by atoms with van der Waals surface area (Å²) in [4.78, 5) is 11.1. The molecular formula is C14H21N7. The maximum absolute atomic E-state index is 9.03. The van der Waals surface area contributed by atoms with E-state index in [0.717, 1.165) is 30.7 Å². The molecule has 0 aromatic carbocycles. The van der Waals surface area contributed by atoms with Crippen LogP contribution in [0.25, 0.3) is 11.0 Å². The third kappa shape index (κ3) is 3.40. The van der Waals surface area contributed by atoms with Gasteiger partial charge in [-0.25, -0.2) is 0 Å². The Morgan fingerprint density at radius 2 is 2.24 bits per heavy atom. The highest BCUT2D eigenvalue weighted by atomic mass is 15.3. The topological polar surface area (TPSA) is 93.5 Å². The van der Waals surface area contributed by atoms with Gasteiger partial charge in [0.15, 0.2) is 5.65 Å². The lowest BCUT2D eigenvalue weighted by molar-refractivity contribution is 0.681. The van der Waals surface area contributed by atoms with Gasteiger partial charge >= 0.3 is 0 Å². The summed E-state index contributed by atoms with van der Waals surface area (Å²) in [6.45, 7) is 8.29. The molecule has 0 saturated heterocycles. The molecule has 7 nitrogen and oxygen atoms in total. The number of fused-ring (bicyclic) bond motifs is 1. The Labute approximate surface area is 124 Å². The molecule has 0 spiro atoms. The fourth-order valence-electron chi connectivity index (χ4n) is 2.11. The summed E-state index contributed by atoms with van der Waals surface area (Å²) >= 11 is 0. The molecule has 0 amide bonds. The Morgan fingerprint density at radius 3 is 2.90 bits per heavy atom. The van der Waals surface area contributed by atoms with Crippen LogP contribution in [0.15, 0.2) is 6.20 Å². The zero-order valence-corrected chi connectivity index (χ0v) is 12.7. The SMILES string of the molecule is CCCNc1nc(N(CC)CC(C)C#N)c2cn[nH]c2n1. The third-order valence-electron chi connectivity index (χ3n) is 3.22. The van der Waals surface area contributed by atoms with E-state index in [0.29, 0.717) is 18.1 Å². The number of nitrogens with zero attached hydrogens (tertiary/aromatic N) is 5. The van der Waals surface area contributed by atoms with Gasteiger partial charge in [-0.1, -0.05) is 6.92 Å². The lowest BCUT2D eigenvalue weighted by atomic mass is 10.2. The first-order valence-corrected chi connectivity index (χ1v) is 7.29. The van der Waals surface area contributed by atoms with Crippen LogP contribution < -0.4 is 10.2 Å². The average molecular weight is 287 g/mol. The van der Waals surface area contributed by atoms with Crippen LogP contribution in [-0.4, -0.2) is 39.8 Å². The van der Waals surface area contributed by atoms with Gasteiger partial charge in [0.25, 0.3) is 0 Å².